The number of rotatable bonds is 3. The van der Waals surface area contributed by atoms with E-state index < -0.39 is 38.9 Å². The van der Waals surface area contributed by atoms with Crippen molar-refractivity contribution in [1.29, 1.82) is 0 Å². The summed E-state index contributed by atoms with van der Waals surface area (Å²) in [6.07, 6.45) is 1.57. The normalized spacial score (nSPS) is 36.1. The number of nitro groups is 2. The average Bonchev–Trinajstić information content (AvgIpc) is 3.04. The summed E-state index contributed by atoms with van der Waals surface area (Å²) in [5, 5.41) is 31.9. The van der Waals surface area contributed by atoms with Crippen LogP contribution >= 0.6 is 0 Å². The molecule has 0 aromatic rings. The molecule has 18 heavy (non-hydrogen) atoms. The first-order chi connectivity index (χ1) is 8.20. The van der Waals surface area contributed by atoms with E-state index in [4.69, 9.17) is 0 Å². The van der Waals surface area contributed by atoms with Crippen LogP contribution in [0.3, 0.4) is 0 Å². The van der Waals surface area contributed by atoms with Crippen LogP contribution in [0.4, 0.5) is 0 Å². The molecule has 2 rings (SSSR count). The largest absolute Gasteiger partial charge is 0.381 e. The van der Waals surface area contributed by atoms with Crippen LogP contribution in [0.5, 0.6) is 0 Å². The number of carbonyl (C=O) groups is 1. The van der Waals surface area contributed by atoms with Gasteiger partial charge in [0.15, 0.2) is 0 Å². The summed E-state index contributed by atoms with van der Waals surface area (Å²) in [4.78, 5) is 32.1. The molecule has 2 aliphatic rings. The molecule has 0 bridgehead atoms. The van der Waals surface area contributed by atoms with E-state index in [1.807, 2.05) is 0 Å². The molecule has 8 heteroatoms. The van der Waals surface area contributed by atoms with Gasteiger partial charge in [0.25, 0.3) is 11.3 Å². The smallest absolute Gasteiger partial charge is 0.318 e. The lowest BCUT2D eigenvalue weighted by Gasteiger charge is -2.32. The highest BCUT2D eigenvalue weighted by Crippen LogP contribution is 2.49. The van der Waals surface area contributed by atoms with Gasteiger partial charge in [0.2, 0.25) is 0 Å². The molecule has 2 unspecified atom stereocenters. The summed E-state index contributed by atoms with van der Waals surface area (Å²) in [7, 11) is 0. The molecular weight excluding hydrogens is 244 g/mol. The van der Waals surface area contributed by atoms with Gasteiger partial charge in [-0.05, 0) is 19.8 Å². The fraction of sp³-hybridized carbons (Fsp3) is 0.700. The summed E-state index contributed by atoms with van der Waals surface area (Å²) < 4.78 is 0. The minimum absolute atomic E-state index is 0.345. The van der Waals surface area contributed by atoms with Gasteiger partial charge in [-0.1, -0.05) is 0 Å². The summed E-state index contributed by atoms with van der Waals surface area (Å²) >= 11 is 0. The summed E-state index contributed by atoms with van der Waals surface area (Å²) in [6.45, 7) is 1.09. The van der Waals surface area contributed by atoms with Crippen LogP contribution < -0.4 is 0 Å². The maximum absolute atomic E-state index is 11.7. The van der Waals surface area contributed by atoms with Gasteiger partial charge in [-0.2, -0.15) is 0 Å². The molecule has 1 fully saturated rings. The van der Waals surface area contributed by atoms with Crippen molar-refractivity contribution in [2.24, 2.45) is 5.92 Å². The van der Waals surface area contributed by atoms with E-state index in [-0.39, 0.29) is 5.92 Å². The molecule has 0 aliphatic heterocycles. The third-order valence-corrected chi connectivity index (χ3v) is 3.56. The maximum Gasteiger partial charge on any atom is 0.318 e. The van der Waals surface area contributed by atoms with Crippen LogP contribution in [0.2, 0.25) is 0 Å². The van der Waals surface area contributed by atoms with E-state index in [0.29, 0.717) is 12.8 Å². The lowest BCUT2D eigenvalue weighted by atomic mass is 9.74. The molecule has 8 nitrogen and oxygen atoms in total. The molecule has 0 amide bonds. The van der Waals surface area contributed by atoms with Gasteiger partial charge in [-0.25, -0.2) is 0 Å². The molecule has 2 atom stereocenters. The number of carbonyl (C=O) groups excluding carboxylic acids is 1. The highest BCUT2D eigenvalue weighted by atomic mass is 16.6. The van der Waals surface area contributed by atoms with Crippen LogP contribution in [-0.2, 0) is 4.79 Å². The van der Waals surface area contributed by atoms with Gasteiger partial charge < -0.3 is 5.11 Å². The van der Waals surface area contributed by atoms with E-state index >= 15 is 0 Å². The Labute approximate surface area is 102 Å². The second-order valence-electron chi connectivity index (χ2n) is 5.09. The monoisotopic (exact) mass is 256 g/mol. The van der Waals surface area contributed by atoms with Gasteiger partial charge in [0.1, 0.15) is 5.60 Å². The number of hydrogen-bond donors (Lipinski definition) is 1. The molecule has 0 aromatic heterocycles. The van der Waals surface area contributed by atoms with Crippen LogP contribution in [0, 0.1) is 26.1 Å². The Hall–Kier alpha value is -1.83. The third-order valence-electron chi connectivity index (χ3n) is 3.56. The van der Waals surface area contributed by atoms with Crippen LogP contribution in [-0.4, -0.2) is 31.9 Å². The summed E-state index contributed by atoms with van der Waals surface area (Å²) in [6, 6.07) is 0. The van der Waals surface area contributed by atoms with Gasteiger partial charge in [-0.15, -0.1) is 0 Å². The van der Waals surface area contributed by atoms with Crippen molar-refractivity contribution < 1.29 is 19.7 Å². The average molecular weight is 256 g/mol. The van der Waals surface area contributed by atoms with Crippen molar-refractivity contribution in [3.05, 3.63) is 32.0 Å². The number of hydrogen-bond acceptors (Lipinski definition) is 6. The predicted octanol–water partition coefficient (Wildman–Crippen LogP) is 0.296. The fourth-order valence-electron chi connectivity index (χ4n) is 2.51. The molecule has 1 saturated carbocycles. The zero-order valence-corrected chi connectivity index (χ0v) is 9.66. The van der Waals surface area contributed by atoms with Crippen molar-refractivity contribution in [3.8, 4) is 0 Å². The van der Waals surface area contributed by atoms with E-state index in [1.54, 1.807) is 0 Å². The van der Waals surface area contributed by atoms with Crippen LogP contribution in [0.15, 0.2) is 11.8 Å². The SMILES string of the molecule is CC1(O)CC(C2CC2)([N+](=O)[O-])C=C([N+](=O)[O-])C1=O. The minimum Gasteiger partial charge on any atom is -0.381 e. The summed E-state index contributed by atoms with van der Waals surface area (Å²) in [5.41, 5.74) is -4.64. The van der Waals surface area contributed by atoms with Gasteiger partial charge in [0.05, 0.1) is 17.4 Å². The number of nitrogens with zero attached hydrogens (tertiary/aromatic N) is 2. The molecule has 0 spiro atoms. The quantitative estimate of drug-likeness (QED) is 0.571. The first-order valence-corrected chi connectivity index (χ1v) is 5.49. The first kappa shape index (κ1) is 12.6. The fourth-order valence-corrected chi connectivity index (χ4v) is 2.51. The Balaban J connectivity index is 2.58. The Morgan fingerprint density at radius 3 is 2.33 bits per heavy atom. The topological polar surface area (TPSA) is 124 Å². The minimum atomic E-state index is -2.06. The van der Waals surface area contributed by atoms with Crippen molar-refractivity contribution >= 4 is 5.78 Å². The maximum atomic E-state index is 11.7. The van der Waals surface area contributed by atoms with Crippen molar-refractivity contribution in [2.75, 3.05) is 0 Å². The van der Waals surface area contributed by atoms with E-state index in [2.05, 4.69) is 0 Å². The molecule has 2 aliphatic carbocycles. The van der Waals surface area contributed by atoms with Crippen molar-refractivity contribution in [2.45, 2.75) is 37.3 Å². The van der Waals surface area contributed by atoms with E-state index in [9.17, 15) is 30.1 Å². The van der Waals surface area contributed by atoms with Gasteiger partial charge in [-0.3, -0.25) is 25.0 Å². The Bertz CT molecular complexity index is 479. The van der Waals surface area contributed by atoms with Gasteiger partial charge in [0, 0.05) is 10.8 Å². The zero-order chi connectivity index (χ0) is 13.7. The second kappa shape index (κ2) is 3.58. The molecular formula is C10H12N2O6. The lowest BCUT2D eigenvalue weighted by Crippen LogP contribution is -2.54. The third kappa shape index (κ3) is 1.69. The molecule has 0 saturated heterocycles. The van der Waals surface area contributed by atoms with Crippen LogP contribution in [0.25, 0.3) is 0 Å². The Morgan fingerprint density at radius 1 is 1.39 bits per heavy atom. The Morgan fingerprint density at radius 2 is 1.94 bits per heavy atom. The highest BCUT2D eigenvalue weighted by molar-refractivity contribution is 6.00. The predicted molar refractivity (Wildman–Crippen MR) is 57.8 cm³/mol. The molecule has 1 N–H and O–H groups in total. The van der Waals surface area contributed by atoms with E-state index in [0.717, 1.165) is 13.0 Å². The van der Waals surface area contributed by atoms with Crippen molar-refractivity contribution in [3.63, 3.8) is 0 Å². The first-order valence-electron chi connectivity index (χ1n) is 5.49. The molecule has 98 valence electrons. The second-order valence-corrected chi connectivity index (χ2v) is 5.09. The standard InChI is InChI=1S/C10H12N2O6/c1-9(14)5-10(12(17)18,6-2-3-6)4-7(8(9)13)11(15)16/h4,6,14H,2-3,5H2,1H3. The number of ketones is 1. The Kier molecular flexibility index (Phi) is 2.51. The number of aliphatic hydroxyl groups is 1. The van der Waals surface area contributed by atoms with Crippen molar-refractivity contribution in [1.82, 2.24) is 0 Å². The molecule has 0 heterocycles. The lowest BCUT2D eigenvalue weighted by molar-refractivity contribution is -0.567. The number of Topliss-reactive ketones (excluding diaryl/α,β-unsaturated/α-hetero) is 1. The molecule has 0 aromatic carbocycles. The zero-order valence-electron chi connectivity index (χ0n) is 9.66. The molecule has 0 radical (unpaired) electrons. The van der Waals surface area contributed by atoms with Gasteiger partial charge >= 0.3 is 5.70 Å². The summed E-state index contributed by atoms with van der Waals surface area (Å²) in [5.74, 6) is -1.41. The van der Waals surface area contributed by atoms with Crippen LogP contribution in [0.1, 0.15) is 26.2 Å². The van der Waals surface area contributed by atoms with E-state index in [1.165, 1.54) is 0 Å². The highest BCUT2D eigenvalue weighted by Gasteiger charge is 2.64.